The van der Waals surface area contributed by atoms with Crippen molar-refractivity contribution in [1.82, 2.24) is 29.5 Å². The van der Waals surface area contributed by atoms with Gasteiger partial charge < -0.3 is 0 Å². The quantitative estimate of drug-likeness (QED) is 0.388. The van der Waals surface area contributed by atoms with E-state index in [0.29, 0.717) is 28.2 Å². The minimum atomic E-state index is -0.503. The average Bonchev–Trinajstić information content (AvgIpc) is 2.97. The summed E-state index contributed by atoms with van der Waals surface area (Å²) in [7, 11) is 3.53. The fraction of sp³-hybridized carbons (Fsp3) is 0.545. The number of ether oxygens (including phenoxy) is 2. The second kappa shape index (κ2) is 6.96. The number of hydrogen-bond donors (Lipinski definition) is 0. The standard InChI is InChI=1S/C11H15N6O3.Pb/c1-7-12-14-9(16(7)2)10(18)20-6-5-8-13-15-11(19-4)17(8)3;/h4-6H2,1-3H3;. The van der Waals surface area contributed by atoms with Gasteiger partial charge in [-0.1, -0.05) is 0 Å². The molecule has 3 radical (unpaired) electrons. The zero-order chi connectivity index (χ0) is 15.4. The molecular weight excluding hydrogens is 471 g/mol. The molecule has 111 valence electrons. The Hall–Kier alpha value is -1.53. The molecule has 0 aromatic carbocycles. The van der Waals surface area contributed by atoms with Gasteiger partial charge in [0.25, 0.3) is 0 Å². The molecule has 2 rings (SSSR count). The molecule has 0 amide bonds. The first kappa shape index (κ1) is 15.9. The molecule has 0 N–H and O–H groups in total. The van der Waals surface area contributed by atoms with Crippen LogP contribution in [-0.2, 0) is 25.3 Å². The van der Waals surface area contributed by atoms with Crippen LogP contribution in [0.15, 0.2) is 0 Å². The van der Waals surface area contributed by atoms with Gasteiger partial charge >= 0.3 is 130 Å². The summed E-state index contributed by atoms with van der Waals surface area (Å²) in [6.07, 6.45) is 0.455. The van der Waals surface area contributed by atoms with Crippen LogP contribution in [0.4, 0.5) is 0 Å². The predicted molar refractivity (Wildman–Crippen MR) is 72.0 cm³/mol. The van der Waals surface area contributed by atoms with Gasteiger partial charge in [0.1, 0.15) is 0 Å². The Labute approximate surface area is 137 Å². The molecule has 0 aliphatic rings. The van der Waals surface area contributed by atoms with E-state index in [4.69, 9.17) is 9.47 Å². The molecule has 2 aromatic heterocycles. The number of aryl methyl sites for hydroxylation is 1. The van der Waals surface area contributed by atoms with Gasteiger partial charge in [-0.05, 0) is 6.92 Å². The second-order valence-corrected chi connectivity index (χ2v) is 5.38. The van der Waals surface area contributed by atoms with E-state index in [2.05, 4.69) is 20.4 Å². The molecule has 2 aromatic rings. The van der Waals surface area contributed by atoms with E-state index >= 15 is 0 Å². The number of carbonyl (C=O) groups is 1. The number of hydrogen-bond acceptors (Lipinski definition) is 7. The molecule has 9 nitrogen and oxygen atoms in total. The summed E-state index contributed by atoms with van der Waals surface area (Å²) in [5.74, 6) is 1.03. The van der Waals surface area contributed by atoms with Crippen LogP contribution in [-0.4, -0.2) is 72.0 Å². The van der Waals surface area contributed by atoms with Gasteiger partial charge in [-0.25, -0.2) is 0 Å². The Morgan fingerprint density at radius 3 is 2.57 bits per heavy atom. The molecule has 0 saturated carbocycles. The first-order chi connectivity index (χ1) is 10.0. The monoisotopic (exact) mass is 487 g/mol. The fourth-order valence-electron chi connectivity index (χ4n) is 1.64. The van der Waals surface area contributed by atoms with Crippen molar-refractivity contribution in [3.8, 4) is 6.01 Å². The molecule has 0 fully saturated rings. The van der Waals surface area contributed by atoms with Crippen LogP contribution < -0.4 is 4.74 Å². The van der Waals surface area contributed by atoms with Gasteiger partial charge in [0.05, 0.1) is 0 Å². The van der Waals surface area contributed by atoms with E-state index in [0.717, 1.165) is 25.8 Å². The Morgan fingerprint density at radius 2 is 1.95 bits per heavy atom. The second-order valence-electron chi connectivity index (χ2n) is 4.26. The van der Waals surface area contributed by atoms with Gasteiger partial charge in [0.2, 0.25) is 0 Å². The van der Waals surface area contributed by atoms with Crippen molar-refractivity contribution in [3.63, 3.8) is 0 Å². The van der Waals surface area contributed by atoms with Crippen LogP contribution in [0, 0.1) is 6.92 Å². The molecule has 2 heterocycles. The van der Waals surface area contributed by atoms with Gasteiger partial charge in [-0.2, -0.15) is 0 Å². The zero-order valence-electron chi connectivity index (χ0n) is 12.0. The minimum absolute atomic E-state index is 0.186. The van der Waals surface area contributed by atoms with Crippen LogP contribution >= 0.6 is 0 Å². The Morgan fingerprint density at radius 1 is 1.19 bits per heavy atom. The van der Waals surface area contributed by atoms with Crippen molar-refractivity contribution in [3.05, 3.63) is 17.5 Å². The summed E-state index contributed by atoms with van der Waals surface area (Å²) < 4.78 is 14.5. The topological polar surface area (TPSA) is 97.0 Å². The van der Waals surface area contributed by atoms with Gasteiger partial charge in [0, 0.05) is 0 Å². The maximum absolute atomic E-state index is 11.9. The Kier molecular flexibility index (Phi) is 5.25. The molecule has 0 aliphatic carbocycles. The number of esters is 1. The van der Waals surface area contributed by atoms with Crippen LogP contribution in [0.5, 0.6) is 6.01 Å². The molecule has 21 heavy (non-hydrogen) atoms. The first-order valence-electron chi connectivity index (χ1n) is 6.23. The molecular formula is C11H15N6O3Pb. The summed E-state index contributed by atoms with van der Waals surface area (Å²) in [4.78, 5) is 11.9. The van der Waals surface area contributed by atoms with Crippen molar-refractivity contribution in [1.29, 1.82) is 0 Å². The molecule has 0 atom stereocenters. The van der Waals surface area contributed by atoms with E-state index in [1.165, 1.54) is 0 Å². The number of carbonyl (C=O) groups excluding carboxylic acids is 1. The average molecular weight is 486 g/mol. The van der Waals surface area contributed by atoms with Crippen molar-refractivity contribution in [2.75, 3.05) is 10.8 Å². The maximum atomic E-state index is 11.9. The Balaban J connectivity index is 1.90. The molecule has 0 aliphatic heterocycles. The number of nitrogens with zero attached hydrogens (tertiary/aromatic N) is 6. The van der Waals surface area contributed by atoms with E-state index in [9.17, 15) is 4.79 Å². The van der Waals surface area contributed by atoms with E-state index in [-0.39, 0.29) is 12.4 Å². The molecule has 0 unspecified atom stereocenters. The van der Waals surface area contributed by atoms with E-state index in [1.807, 2.05) is 7.05 Å². The number of rotatable bonds is 6. The number of aromatic nitrogens is 6. The summed E-state index contributed by atoms with van der Waals surface area (Å²) >= 11 is 0.930. The third-order valence-electron chi connectivity index (χ3n) is 2.96. The van der Waals surface area contributed by atoms with Crippen LogP contribution in [0.25, 0.3) is 0 Å². The van der Waals surface area contributed by atoms with Gasteiger partial charge in [-0.15, -0.1) is 0 Å². The fourth-order valence-corrected chi connectivity index (χ4v) is 2.14. The van der Waals surface area contributed by atoms with Crippen molar-refractivity contribution < 1.29 is 14.3 Å². The Bertz CT molecular complexity index is 638. The predicted octanol–water partition coefficient (Wildman–Crippen LogP) is -0.844. The van der Waals surface area contributed by atoms with Crippen LogP contribution in [0.1, 0.15) is 22.3 Å². The molecule has 10 heteroatoms. The van der Waals surface area contributed by atoms with Crippen LogP contribution in [0.2, 0.25) is 0 Å². The van der Waals surface area contributed by atoms with Gasteiger partial charge in [0.15, 0.2) is 0 Å². The molecule has 0 saturated heterocycles. The van der Waals surface area contributed by atoms with Crippen molar-refractivity contribution in [2.45, 2.75) is 13.3 Å². The summed E-state index contributed by atoms with van der Waals surface area (Å²) in [6.45, 7) is 1.96. The summed E-state index contributed by atoms with van der Waals surface area (Å²) in [5, 5.41) is 15.5. The molecule has 0 spiro atoms. The summed E-state index contributed by atoms with van der Waals surface area (Å²) in [5.41, 5.74) is 0. The van der Waals surface area contributed by atoms with E-state index < -0.39 is 5.97 Å². The molecule has 0 bridgehead atoms. The van der Waals surface area contributed by atoms with Crippen molar-refractivity contribution >= 4 is 31.7 Å². The van der Waals surface area contributed by atoms with Gasteiger partial charge in [-0.3, -0.25) is 0 Å². The van der Waals surface area contributed by atoms with Crippen molar-refractivity contribution in [2.24, 2.45) is 14.1 Å². The normalized spacial score (nSPS) is 10.7. The third kappa shape index (κ3) is 3.57. The summed E-state index contributed by atoms with van der Waals surface area (Å²) in [6, 6.07) is 0.482. The SMILES string of the molecule is Cc1nnc(C(=O)OCCc2nnc(O[CH2][Pb])n2C)n1C. The third-order valence-corrected chi connectivity index (χ3v) is 3.52. The van der Waals surface area contributed by atoms with E-state index in [1.54, 1.807) is 23.1 Å². The zero-order valence-corrected chi connectivity index (χ0v) is 15.9. The van der Waals surface area contributed by atoms with Crippen LogP contribution in [0.3, 0.4) is 0 Å². The first-order valence-corrected chi connectivity index (χ1v) is 8.98.